The normalized spacial score (nSPS) is 17.5. The van der Waals surface area contributed by atoms with Crippen molar-refractivity contribution in [3.05, 3.63) is 52.5 Å². The van der Waals surface area contributed by atoms with Crippen LogP contribution in [0, 0.1) is 0 Å². The van der Waals surface area contributed by atoms with Gasteiger partial charge in [-0.2, -0.15) is 0 Å². The molecule has 5 heteroatoms. The van der Waals surface area contributed by atoms with Crippen LogP contribution in [0.2, 0.25) is 0 Å². The molecule has 2 aliphatic rings. The molecule has 4 rings (SSSR count). The first kappa shape index (κ1) is 14.8. The molecule has 23 heavy (non-hydrogen) atoms. The molecule has 0 unspecified atom stereocenters. The van der Waals surface area contributed by atoms with Gasteiger partial charge >= 0.3 is 0 Å². The lowest BCUT2D eigenvalue weighted by Crippen LogP contribution is -3.13. The number of ether oxygens (including phenoxy) is 2. The SMILES string of the molecule is Brc1cc2c(cc1C[NH+]1CCN(c3ccccc3)CC1)OCO2. The Morgan fingerprint density at radius 3 is 2.43 bits per heavy atom. The Labute approximate surface area is 144 Å². The van der Waals surface area contributed by atoms with E-state index in [2.05, 4.69) is 57.2 Å². The van der Waals surface area contributed by atoms with Crippen molar-refractivity contribution >= 4 is 21.6 Å². The molecule has 0 spiro atoms. The molecule has 2 heterocycles. The molecule has 1 saturated heterocycles. The fraction of sp³-hybridized carbons (Fsp3) is 0.333. The maximum atomic E-state index is 5.50. The van der Waals surface area contributed by atoms with Crippen molar-refractivity contribution in [1.29, 1.82) is 0 Å². The van der Waals surface area contributed by atoms with Crippen molar-refractivity contribution in [3.63, 3.8) is 0 Å². The monoisotopic (exact) mass is 375 g/mol. The van der Waals surface area contributed by atoms with Gasteiger partial charge in [-0.1, -0.05) is 34.1 Å². The summed E-state index contributed by atoms with van der Waals surface area (Å²) in [4.78, 5) is 4.08. The third-order valence-corrected chi connectivity index (χ3v) is 5.31. The van der Waals surface area contributed by atoms with E-state index in [1.54, 1.807) is 4.90 Å². The summed E-state index contributed by atoms with van der Waals surface area (Å²) in [6, 6.07) is 14.8. The smallest absolute Gasteiger partial charge is 0.231 e. The number of fused-ring (bicyclic) bond motifs is 1. The quantitative estimate of drug-likeness (QED) is 0.889. The molecule has 0 aromatic heterocycles. The Hall–Kier alpha value is -1.72. The van der Waals surface area contributed by atoms with Gasteiger partial charge in [-0.25, -0.2) is 0 Å². The second kappa shape index (κ2) is 6.42. The van der Waals surface area contributed by atoms with E-state index in [1.807, 2.05) is 6.07 Å². The number of nitrogens with one attached hydrogen (secondary N) is 1. The molecule has 1 N–H and O–H groups in total. The van der Waals surface area contributed by atoms with E-state index in [-0.39, 0.29) is 0 Å². The molecule has 120 valence electrons. The molecular formula is C18H20BrN2O2+. The minimum atomic E-state index is 0.327. The van der Waals surface area contributed by atoms with Crippen molar-refractivity contribution in [2.75, 3.05) is 37.9 Å². The van der Waals surface area contributed by atoms with Crippen molar-refractivity contribution in [3.8, 4) is 11.5 Å². The first-order valence-electron chi connectivity index (χ1n) is 8.01. The molecule has 0 aliphatic carbocycles. The topological polar surface area (TPSA) is 26.1 Å². The summed E-state index contributed by atoms with van der Waals surface area (Å²) in [7, 11) is 0. The van der Waals surface area contributed by atoms with Crippen LogP contribution >= 0.6 is 15.9 Å². The molecule has 2 aromatic carbocycles. The number of hydrogen-bond acceptors (Lipinski definition) is 3. The number of benzene rings is 2. The van der Waals surface area contributed by atoms with Gasteiger partial charge in [-0.15, -0.1) is 0 Å². The molecule has 0 amide bonds. The van der Waals surface area contributed by atoms with Gasteiger partial charge in [-0.3, -0.25) is 0 Å². The first-order valence-corrected chi connectivity index (χ1v) is 8.80. The highest BCUT2D eigenvalue weighted by atomic mass is 79.9. The zero-order chi connectivity index (χ0) is 15.6. The average Bonchev–Trinajstić information content (AvgIpc) is 3.04. The Kier molecular flexibility index (Phi) is 4.14. The van der Waals surface area contributed by atoms with Crippen LogP contribution < -0.4 is 19.3 Å². The summed E-state index contributed by atoms with van der Waals surface area (Å²) in [6.07, 6.45) is 0. The standard InChI is InChI=1S/C18H19BrN2O2/c19-16-11-18-17(22-13-23-18)10-14(16)12-20-6-8-21(9-7-20)15-4-2-1-3-5-15/h1-5,10-11H,6-9,12-13H2/p+1. The van der Waals surface area contributed by atoms with Gasteiger partial charge in [0.05, 0.1) is 26.2 Å². The predicted octanol–water partition coefficient (Wildman–Crippen LogP) is 2.08. The van der Waals surface area contributed by atoms with E-state index in [4.69, 9.17) is 9.47 Å². The average molecular weight is 376 g/mol. The van der Waals surface area contributed by atoms with Crippen molar-refractivity contribution < 1.29 is 14.4 Å². The maximum Gasteiger partial charge on any atom is 0.231 e. The lowest BCUT2D eigenvalue weighted by Gasteiger charge is -2.33. The van der Waals surface area contributed by atoms with Crippen LogP contribution in [0.3, 0.4) is 0 Å². The van der Waals surface area contributed by atoms with Crippen molar-refractivity contribution in [1.82, 2.24) is 0 Å². The van der Waals surface area contributed by atoms with Crippen molar-refractivity contribution in [2.45, 2.75) is 6.54 Å². The second-order valence-electron chi connectivity index (χ2n) is 6.05. The number of hydrogen-bond donors (Lipinski definition) is 1. The molecule has 2 aromatic rings. The summed E-state index contributed by atoms with van der Waals surface area (Å²) >= 11 is 3.67. The highest BCUT2D eigenvalue weighted by molar-refractivity contribution is 9.10. The van der Waals surface area contributed by atoms with Crippen LogP contribution in [0.5, 0.6) is 11.5 Å². The summed E-state index contributed by atoms with van der Waals surface area (Å²) in [5.41, 5.74) is 2.62. The molecular weight excluding hydrogens is 356 g/mol. The Morgan fingerprint density at radius 1 is 1.00 bits per heavy atom. The molecule has 4 nitrogen and oxygen atoms in total. The summed E-state index contributed by atoms with van der Waals surface area (Å²) < 4.78 is 12.0. The number of para-hydroxylation sites is 1. The maximum absolute atomic E-state index is 5.50. The van der Waals surface area contributed by atoms with E-state index < -0.39 is 0 Å². The van der Waals surface area contributed by atoms with Gasteiger partial charge in [0.15, 0.2) is 11.5 Å². The zero-order valence-corrected chi connectivity index (χ0v) is 14.5. The molecule has 0 saturated carbocycles. The number of piperazine rings is 1. The number of halogens is 1. The fourth-order valence-corrected chi connectivity index (χ4v) is 3.72. The number of anilines is 1. The van der Waals surface area contributed by atoms with Crippen LogP contribution in [-0.4, -0.2) is 33.0 Å². The van der Waals surface area contributed by atoms with Crippen LogP contribution in [0.4, 0.5) is 5.69 Å². The van der Waals surface area contributed by atoms with E-state index in [0.717, 1.165) is 48.7 Å². The van der Waals surface area contributed by atoms with Gasteiger partial charge in [0.25, 0.3) is 0 Å². The van der Waals surface area contributed by atoms with Crippen LogP contribution in [0.25, 0.3) is 0 Å². The predicted molar refractivity (Wildman–Crippen MR) is 93.3 cm³/mol. The third-order valence-electron chi connectivity index (χ3n) is 4.57. The van der Waals surface area contributed by atoms with E-state index in [9.17, 15) is 0 Å². The minimum absolute atomic E-state index is 0.327. The summed E-state index contributed by atoms with van der Waals surface area (Å²) in [5.74, 6) is 1.70. The molecule has 2 aliphatic heterocycles. The first-order chi connectivity index (χ1) is 11.3. The number of nitrogens with zero attached hydrogens (tertiary/aromatic N) is 1. The highest BCUT2D eigenvalue weighted by Crippen LogP contribution is 2.36. The lowest BCUT2D eigenvalue weighted by molar-refractivity contribution is -0.914. The van der Waals surface area contributed by atoms with Gasteiger partial charge in [0, 0.05) is 15.7 Å². The number of rotatable bonds is 3. The van der Waals surface area contributed by atoms with E-state index in [0.29, 0.717) is 6.79 Å². The van der Waals surface area contributed by atoms with E-state index in [1.165, 1.54) is 11.3 Å². The van der Waals surface area contributed by atoms with Gasteiger partial charge in [-0.05, 0) is 24.3 Å². The zero-order valence-electron chi connectivity index (χ0n) is 12.9. The third kappa shape index (κ3) is 3.16. The van der Waals surface area contributed by atoms with Crippen LogP contribution in [-0.2, 0) is 6.54 Å². The van der Waals surface area contributed by atoms with Gasteiger partial charge < -0.3 is 19.3 Å². The Morgan fingerprint density at radius 2 is 1.70 bits per heavy atom. The lowest BCUT2D eigenvalue weighted by atomic mass is 10.1. The van der Waals surface area contributed by atoms with E-state index >= 15 is 0 Å². The highest BCUT2D eigenvalue weighted by Gasteiger charge is 2.23. The molecule has 0 radical (unpaired) electrons. The molecule has 0 bridgehead atoms. The fourth-order valence-electron chi connectivity index (χ4n) is 3.26. The molecule has 1 fully saturated rings. The molecule has 0 atom stereocenters. The Bertz CT molecular complexity index is 685. The Balaban J connectivity index is 1.40. The second-order valence-corrected chi connectivity index (χ2v) is 6.90. The summed E-state index contributed by atoms with van der Waals surface area (Å²) in [6.45, 7) is 5.84. The largest absolute Gasteiger partial charge is 0.454 e. The van der Waals surface area contributed by atoms with Gasteiger partial charge in [0.1, 0.15) is 6.54 Å². The number of quaternary nitrogens is 1. The van der Waals surface area contributed by atoms with Crippen LogP contribution in [0.15, 0.2) is 46.9 Å². The minimum Gasteiger partial charge on any atom is -0.454 e. The summed E-state index contributed by atoms with van der Waals surface area (Å²) in [5, 5.41) is 0. The van der Waals surface area contributed by atoms with Crippen molar-refractivity contribution in [2.24, 2.45) is 0 Å². The van der Waals surface area contributed by atoms with Gasteiger partial charge in [0.2, 0.25) is 6.79 Å². The van der Waals surface area contributed by atoms with Crippen LogP contribution in [0.1, 0.15) is 5.56 Å².